The highest BCUT2D eigenvalue weighted by Gasteiger charge is 2.00. The Morgan fingerprint density at radius 3 is 1.90 bits per heavy atom. The number of aryl methyl sites for hydroxylation is 1. The molecule has 0 saturated heterocycles. The van der Waals surface area contributed by atoms with Gasteiger partial charge in [-0.2, -0.15) is 0 Å². The highest BCUT2D eigenvalue weighted by Crippen LogP contribution is 2.17. The van der Waals surface area contributed by atoms with Crippen molar-refractivity contribution in [1.29, 1.82) is 0 Å². The van der Waals surface area contributed by atoms with Gasteiger partial charge in [0.05, 0.1) is 5.56 Å². The lowest BCUT2D eigenvalue weighted by Crippen LogP contribution is -1.87. The van der Waals surface area contributed by atoms with Crippen LogP contribution in [0.3, 0.4) is 0 Å². The van der Waals surface area contributed by atoms with Crippen molar-refractivity contribution in [3.63, 3.8) is 0 Å². The Bertz CT molecular complexity index is 1340. The van der Waals surface area contributed by atoms with Gasteiger partial charge in [-0.15, -0.1) is 0 Å². The summed E-state index contributed by atoms with van der Waals surface area (Å²) in [5, 5.41) is 1.80. The Morgan fingerprint density at radius 2 is 1.20 bits per heavy atom. The van der Waals surface area contributed by atoms with Crippen molar-refractivity contribution in [2.75, 3.05) is 0 Å². The van der Waals surface area contributed by atoms with Crippen LogP contribution >= 0.6 is 0 Å². The third kappa shape index (κ3) is 4.57. The molecule has 0 aliphatic heterocycles. The number of hydrogen-bond acceptors (Lipinski definition) is 0. The molecule has 0 saturated carbocycles. The summed E-state index contributed by atoms with van der Waals surface area (Å²) in [4.78, 5) is 0. The maximum absolute atomic E-state index is 14.0. The zero-order chi connectivity index (χ0) is 20.9. The molecule has 0 radical (unpaired) electrons. The largest absolute Gasteiger partial charge is 0.207 e. The second-order valence-electron chi connectivity index (χ2n) is 6.95. The summed E-state index contributed by atoms with van der Waals surface area (Å²) in [7, 11) is 0. The van der Waals surface area contributed by atoms with Crippen LogP contribution in [0.25, 0.3) is 10.8 Å². The van der Waals surface area contributed by atoms with Crippen molar-refractivity contribution in [2.24, 2.45) is 0 Å². The SMILES string of the molecule is CCc1ccc(C#Cc2ccc(C#Cc3ccc4cc(F)ccc4c3)cc2)c(F)c1. The Morgan fingerprint density at radius 1 is 0.600 bits per heavy atom. The van der Waals surface area contributed by atoms with Gasteiger partial charge in [-0.05, 0) is 83.4 Å². The smallest absolute Gasteiger partial charge is 0.139 e. The van der Waals surface area contributed by atoms with Gasteiger partial charge in [-0.1, -0.05) is 48.8 Å². The highest BCUT2D eigenvalue weighted by atomic mass is 19.1. The van der Waals surface area contributed by atoms with Gasteiger partial charge in [0.1, 0.15) is 11.6 Å². The molecule has 0 heterocycles. The normalized spacial score (nSPS) is 10.1. The van der Waals surface area contributed by atoms with E-state index in [9.17, 15) is 8.78 Å². The Balaban J connectivity index is 1.51. The molecule has 0 aliphatic carbocycles. The van der Waals surface area contributed by atoms with Crippen LogP contribution in [0.4, 0.5) is 8.78 Å². The van der Waals surface area contributed by atoms with E-state index in [0.717, 1.165) is 39.4 Å². The predicted octanol–water partition coefficient (Wildman–Crippen LogP) is 6.48. The van der Waals surface area contributed by atoms with Crippen LogP contribution in [-0.2, 0) is 6.42 Å². The first-order chi connectivity index (χ1) is 14.6. The van der Waals surface area contributed by atoms with Crippen molar-refractivity contribution in [3.8, 4) is 23.7 Å². The fourth-order valence-electron chi connectivity index (χ4n) is 3.09. The summed E-state index contributed by atoms with van der Waals surface area (Å²) in [5.74, 6) is 11.6. The van der Waals surface area contributed by atoms with Crippen LogP contribution in [0.2, 0.25) is 0 Å². The highest BCUT2D eigenvalue weighted by molar-refractivity contribution is 5.84. The Labute approximate surface area is 175 Å². The third-order valence-corrected chi connectivity index (χ3v) is 4.82. The molecule has 2 heteroatoms. The first-order valence-corrected chi connectivity index (χ1v) is 9.72. The van der Waals surface area contributed by atoms with Gasteiger partial charge in [-0.25, -0.2) is 8.78 Å². The molecule has 4 rings (SSSR count). The fraction of sp³-hybridized carbons (Fsp3) is 0.0714. The van der Waals surface area contributed by atoms with Gasteiger partial charge in [0.2, 0.25) is 0 Å². The molecule has 144 valence electrons. The summed E-state index contributed by atoms with van der Waals surface area (Å²) in [6.45, 7) is 1.99. The lowest BCUT2D eigenvalue weighted by molar-refractivity contribution is 0.622. The maximum Gasteiger partial charge on any atom is 0.139 e. The first kappa shape index (κ1) is 19.4. The van der Waals surface area contributed by atoms with E-state index in [1.807, 2.05) is 55.5 Å². The van der Waals surface area contributed by atoms with Crippen LogP contribution < -0.4 is 0 Å². The zero-order valence-electron chi connectivity index (χ0n) is 16.5. The molecule has 0 aromatic heterocycles. The molecular formula is C28H18F2. The lowest BCUT2D eigenvalue weighted by atomic mass is 10.1. The van der Waals surface area contributed by atoms with E-state index in [0.29, 0.717) is 5.56 Å². The quantitative estimate of drug-likeness (QED) is 0.325. The van der Waals surface area contributed by atoms with Crippen LogP contribution in [0, 0.1) is 35.3 Å². The number of fused-ring (bicyclic) bond motifs is 1. The summed E-state index contributed by atoms with van der Waals surface area (Å²) in [6, 6.07) is 23.1. The monoisotopic (exact) mass is 392 g/mol. The average Bonchev–Trinajstić information content (AvgIpc) is 2.77. The van der Waals surface area contributed by atoms with Gasteiger partial charge in [0.15, 0.2) is 0 Å². The summed E-state index contributed by atoms with van der Waals surface area (Å²) in [6.07, 6.45) is 0.797. The van der Waals surface area contributed by atoms with Crippen LogP contribution in [0.15, 0.2) is 78.9 Å². The zero-order valence-corrected chi connectivity index (χ0v) is 16.5. The number of rotatable bonds is 1. The van der Waals surface area contributed by atoms with Crippen molar-refractivity contribution in [3.05, 3.63) is 118 Å². The molecule has 30 heavy (non-hydrogen) atoms. The van der Waals surface area contributed by atoms with Crippen molar-refractivity contribution >= 4 is 10.8 Å². The number of halogens is 2. The molecule has 4 aromatic rings. The molecule has 0 unspecified atom stereocenters. The Kier molecular flexibility index (Phi) is 5.60. The summed E-state index contributed by atoms with van der Waals surface area (Å²) < 4.78 is 27.3. The molecular weight excluding hydrogens is 374 g/mol. The van der Waals surface area contributed by atoms with E-state index < -0.39 is 0 Å². The first-order valence-electron chi connectivity index (χ1n) is 9.72. The molecule has 0 aliphatic rings. The third-order valence-electron chi connectivity index (χ3n) is 4.82. The lowest BCUT2D eigenvalue weighted by Gasteiger charge is -1.99. The number of hydrogen-bond donors (Lipinski definition) is 0. The maximum atomic E-state index is 14.0. The minimum atomic E-state index is -0.289. The van der Waals surface area contributed by atoms with E-state index in [1.165, 1.54) is 18.2 Å². The van der Waals surface area contributed by atoms with Gasteiger partial charge in [-0.3, -0.25) is 0 Å². The van der Waals surface area contributed by atoms with Gasteiger partial charge < -0.3 is 0 Å². The molecule has 0 amide bonds. The standard InChI is InChI=1S/C28H18F2/c1-2-20-9-12-24(28(30)18-20)13-10-22-5-3-21(4-6-22)7-8-23-11-14-26-19-27(29)16-15-25(26)17-23/h3-6,9,11-12,14-19H,2H2,1H3. The van der Waals surface area contributed by atoms with Crippen LogP contribution in [-0.4, -0.2) is 0 Å². The van der Waals surface area contributed by atoms with E-state index in [2.05, 4.69) is 23.7 Å². The van der Waals surface area contributed by atoms with E-state index >= 15 is 0 Å². The van der Waals surface area contributed by atoms with Gasteiger partial charge in [0.25, 0.3) is 0 Å². The molecule has 0 fully saturated rings. The average molecular weight is 392 g/mol. The molecule has 0 bridgehead atoms. The molecule has 0 nitrogen and oxygen atoms in total. The minimum absolute atomic E-state index is 0.245. The van der Waals surface area contributed by atoms with Crippen molar-refractivity contribution in [2.45, 2.75) is 13.3 Å². The van der Waals surface area contributed by atoms with Gasteiger partial charge >= 0.3 is 0 Å². The minimum Gasteiger partial charge on any atom is -0.207 e. The second kappa shape index (κ2) is 8.64. The summed E-state index contributed by atoms with van der Waals surface area (Å²) >= 11 is 0. The van der Waals surface area contributed by atoms with Crippen molar-refractivity contribution < 1.29 is 8.78 Å². The molecule has 0 N–H and O–H groups in total. The van der Waals surface area contributed by atoms with E-state index in [4.69, 9.17) is 0 Å². The molecule has 0 atom stereocenters. The van der Waals surface area contributed by atoms with Gasteiger partial charge in [0, 0.05) is 16.7 Å². The summed E-state index contributed by atoms with van der Waals surface area (Å²) in [5.41, 5.74) is 3.88. The molecule has 4 aromatic carbocycles. The number of benzene rings is 4. The Hall–Kier alpha value is -3.88. The van der Waals surface area contributed by atoms with E-state index in [1.54, 1.807) is 12.1 Å². The predicted molar refractivity (Wildman–Crippen MR) is 118 cm³/mol. The van der Waals surface area contributed by atoms with E-state index in [-0.39, 0.29) is 11.6 Å². The van der Waals surface area contributed by atoms with Crippen LogP contribution in [0.1, 0.15) is 34.7 Å². The second-order valence-corrected chi connectivity index (χ2v) is 6.95. The van der Waals surface area contributed by atoms with Crippen LogP contribution in [0.5, 0.6) is 0 Å². The fourth-order valence-corrected chi connectivity index (χ4v) is 3.09. The topological polar surface area (TPSA) is 0 Å². The molecule has 0 spiro atoms. The van der Waals surface area contributed by atoms with Crippen molar-refractivity contribution in [1.82, 2.24) is 0 Å².